The van der Waals surface area contributed by atoms with Crippen LogP contribution in [0.5, 0.6) is 0 Å². The summed E-state index contributed by atoms with van der Waals surface area (Å²) in [5, 5.41) is 0. The molecule has 3 nitrogen and oxygen atoms in total. The quantitative estimate of drug-likeness (QED) is 0.558. The summed E-state index contributed by atoms with van der Waals surface area (Å²) in [6.45, 7) is 4.21. The number of likely N-dealkylation sites (tertiary alicyclic amines) is 1. The lowest BCUT2D eigenvalue weighted by atomic mass is 10.1. The van der Waals surface area contributed by atoms with Gasteiger partial charge in [-0.25, -0.2) is 0 Å². The highest BCUT2D eigenvalue weighted by molar-refractivity contribution is 5.87. The van der Waals surface area contributed by atoms with Crippen molar-refractivity contribution in [2.45, 2.75) is 25.4 Å². The fourth-order valence-corrected chi connectivity index (χ4v) is 1.35. The van der Waals surface area contributed by atoms with Gasteiger partial charge in [-0.2, -0.15) is 0 Å². The van der Waals surface area contributed by atoms with Gasteiger partial charge in [0.1, 0.15) is 0 Å². The molecule has 0 aliphatic carbocycles. The molecule has 0 unspecified atom stereocenters. The first kappa shape index (κ1) is 8.27. The lowest BCUT2D eigenvalue weighted by Gasteiger charge is -2.32. The second kappa shape index (κ2) is 3.53. The first-order valence-electron chi connectivity index (χ1n) is 3.94. The smallest absolute Gasteiger partial charge is 0.247 e. The molecule has 1 fully saturated rings. The topological polar surface area (TPSA) is 46.3 Å². The van der Waals surface area contributed by atoms with Gasteiger partial charge in [-0.3, -0.25) is 4.79 Å². The molecule has 0 saturated carbocycles. The molecule has 0 aromatic rings. The van der Waals surface area contributed by atoms with Crippen LogP contribution in [0, 0.1) is 0 Å². The summed E-state index contributed by atoms with van der Waals surface area (Å²) in [5.41, 5.74) is 5.71. The molecule has 1 saturated heterocycles. The molecular weight excluding hydrogens is 140 g/mol. The van der Waals surface area contributed by atoms with E-state index < -0.39 is 0 Å². The van der Waals surface area contributed by atoms with E-state index in [9.17, 15) is 4.79 Å². The lowest BCUT2D eigenvalue weighted by molar-refractivity contribution is -0.129. The SMILES string of the molecule is C=CC(=O)N1CCCC[C@H]1N. The molecule has 0 radical (unpaired) electrons. The summed E-state index contributed by atoms with van der Waals surface area (Å²) in [5.74, 6) is -0.0443. The van der Waals surface area contributed by atoms with Gasteiger partial charge < -0.3 is 10.6 Å². The highest BCUT2D eigenvalue weighted by Crippen LogP contribution is 2.12. The second-order valence-electron chi connectivity index (χ2n) is 2.80. The molecule has 3 heteroatoms. The summed E-state index contributed by atoms with van der Waals surface area (Å²) >= 11 is 0. The summed E-state index contributed by atoms with van der Waals surface area (Å²) in [4.78, 5) is 12.8. The average molecular weight is 154 g/mol. The van der Waals surface area contributed by atoms with Crippen LogP contribution in [0.3, 0.4) is 0 Å². The van der Waals surface area contributed by atoms with Gasteiger partial charge >= 0.3 is 0 Å². The Bertz CT molecular complexity index is 167. The molecule has 0 aromatic heterocycles. The standard InChI is InChI=1S/C8H14N2O/c1-2-8(11)10-6-4-3-5-7(10)9/h2,7H,1,3-6,9H2/t7-/m0/s1. The monoisotopic (exact) mass is 154 g/mol. The molecule has 0 aromatic carbocycles. The van der Waals surface area contributed by atoms with Crippen LogP contribution in [0.4, 0.5) is 0 Å². The third-order valence-electron chi connectivity index (χ3n) is 2.01. The van der Waals surface area contributed by atoms with E-state index in [0.717, 1.165) is 25.8 Å². The normalized spacial score (nSPS) is 24.8. The van der Waals surface area contributed by atoms with E-state index in [-0.39, 0.29) is 12.1 Å². The minimum absolute atomic E-state index is 0.0443. The summed E-state index contributed by atoms with van der Waals surface area (Å²) in [7, 11) is 0. The van der Waals surface area contributed by atoms with Crippen LogP contribution in [0.15, 0.2) is 12.7 Å². The molecule has 2 N–H and O–H groups in total. The van der Waals surface area contributed by atoms with Crippen molar-refractivity contribution in [1.82, 2.24) is 4.90 Å². The van der Waals surface area contributed by atoms with Crippen molar-refractivity contribution >= 4 is 5.91 Å². The summed E-state index contributed by atoms with van der Waals surface area (Å²) < 4.78 is 0. The lowest BCUT2D eigenvalue weighted by Crippen LogP contribution is -2.48. The van der Waals surface area contributed by atoms with Crippen molar-refractivity contribution in [1.29, 1.82) is 0 Å². The minimum Gasteiger partial charge on any atom is -0.324 e. The van der Waals surface area contributed by atoms with E-state index in [0.29, 0.717) is 0 Å². The van der Waals surface area contributed by atoms with Crippen LogP contribution in [0.25, 0.3) is 0 Å². The van der Waals surface area contributed by atoms with Crippen molar-refractivity contribution in [2.75, 3.05) is 6.54 Å². The maximum Gasteiger partial charge on any atom is 0.247 e. The van der Waals surface area contributed by atoms with E-state index in [1.54, 1.807) is 4.90 Å². The number of rotatable bonds is 1. The molecule has 1 heterocycles. The zero-order chi connectivity index (χ0) is 8.27. The number of carbonyl (C=O) groups is 1. The van der Waals surface area contributed by atoms with Gasteiger partial charge in [-0.05, 0) is 25.3 Å². The number of hydrogen-bond donors (Lipinski definition) is 1. The predicted octanol–water partition coefficient (Wildman–Crippen LogP) is 0.470. The van der Waals surface area contributed by atoms with Gasteiger partial charge in [0.15, 0.2) is 0 Å². The van der Waals surface area contributed by atoms with Crippen molar-refractivity contribution in [3.05, 3.63) is 12.7 Å². The third kappa shape index (κ3) is 1.80. The minimum atomic E-state index is -0.0887. The number of carbonyl (C=O) groups excluding carboxylic acids is 1. The van der Waals surface area contributed by atoms with Gasteiger partial charge in [-0.15, -0.1) is 0 Å². The Balaban J connectivity index is 2.53. The van der Waals surface area contributed by atoms with Crippen LogP contribution in [-0.2, 0) is 4.79 Å². The molecule has 1 atom stereocenters. The van der Waals surface area contributed by atoms with Crippen LogP contribution in [0.1, 0.15) is 19.3 Å². The molecule has 62 valence electrons. The first-order valence-corrected chi connectivity index (χ1v) is 3.94. The third-order valence-corrected chi connectivity index (χ3v) is 2.01. The maximum atomic E-state index is 11.1. The van der Waals surface area contributed by atoms with Crippen molar-refractivity contribution < 1.29 is 4.79 Å². The van der Waals surface area contributed by atoms with Gasteiger partial charge in [0, 0.05) is 6.54 Å². The fourth-order valence-electron chi connectivity index (χ4n) is 1.35. The maximum absolute atomic E-state index is 11.1. The molecule has 1 aliphatic rings. The van der Waals surface area contributed by atoms with E-state index >= 15 is 0 Å². The number of nitrogens with zero attached hydrogens (tertiary/aromatic N) is 1. The molecule has 1 aliphatic heterocycles. The Morgan fingerprint density at radius 2 is 2.36 bits per heavy atom. The average Bonchev–Trinajstić information content (AvgIpc) is 2.04. The van der Waals surface area contributed by atoms with Gasteiger partial charge in [0.25, 0.3) is 0 Å². The Kier molecular flexibility index (Phi) is 2.65. The van der Waals surface area contributed by atoms with Crippen molar-refractivity contribution in [2.24, 2.45) is 5.73 Å². The molecule has 0 spiro atoms. The molecular formula is C8H14N2O. The summed E-state index contributed by atoms with van der Waals surface area (Å²) in [6, 6.07) is 0. The molecule has 0 bridgehead atoms. The highest BCUT2D eigenvalue weighted by Gasteiger charge is 2.20. The van der Waals surface area contributed by atoms with E-state index in [4.69, 9.17) is 5.73 Å². The number of amides is 1. The zero-order valence-corrected chi connectivity index (χ0v) is 6.62. The first-order chi connectivity index (χ1) is 5.25. The van der Waals surface area contributed by atoms with E-state index in [1.807, 2.05) is 0 Å². The predicted molar refractivity (Wildman–Crippen MR) is 43.7 cm³/mol. The van der Waals surface area contributed by atoms with Gasteiger partial charge in [0.2, 0.25) is 5.91 Å². The zero-order valence-electron chi connectivity index (χ0n) is 6.62. The fraction of sp³-hybridized carbons (Fsp3) is 0.625. The van der Waals surface area contributed by atoms with Crippen molar-refractivity contribution in [3.63, 3.8) is 0 Å². The van der Waals surface area contributed by atoms with Gasteiger partial charge in [-0.1, -0.05) is 6.58 Å². The molecule has 1 amide bonds. The van der Waals surface area contributed by atoms with Crippen LogP contribution >= 0.6 is 0 Å². The number of hydrogen-bond acceptors (Lipinski definition) is 2. The highest BCUT2D eigenvalue weighted by atomic mass is 16.2. The number of nitrogens with two attached hydrogens (primary N) is 1. The Morgan fingerprint density at radius 1 is 1.64 bits per heavy atom. The van der Waals surface area contributed by atoms with E-state index in [1.165, 1.54) is 6.08 Å². The van der Waals surface area contributed by atoms with Crippen LogP contribution in [-0.4, -0.2) is 23.5 Å². The van der Waals surface area contributed by atoms with Crippen LogP contribution in [0.2, 0.25) is 0 Å². The Labute approximate surface area is 66.9 Å². The molecule has 1 rings (SSSR count). The Morgan fingerprint density at radius 3 is 2.91 bits per heavy atom. The summed E-state index contributed by atoms with van der Waals surface area (Å²) in [6.07, 6.45) is 4.34. The van der Waals surface area contributed by atoms with Crippen LogP contribution < -0.4 is 5.73 Å². The second-order valence-corrected chi connectivity index (χ2v) is 2.80. The largest absolute Gasteiger partial charge is 0.324 e. The van der Waals surface area contributed by atoms with Crippen molar-refractivity contribution in [3.8, 4) is 0 Å². The Hall–Kier alpha value is -0.830. The number of piperidine rings is 1. The van der Waals surface area contributed by atoms with E-state index in [2.05, 4.69) is 6.58 Å². The van der Waals surface area contributed by atoms with Gasteiger partial charge in [0.05, 0.1) is 6.17 Å². The molecule has 11 heavy (non-hydrogen) atoms.